The number of ketones is 1. The topological polar surface area (TPSA) is 113 Å². The number of phenols is 1. The van der Waals surface area contributed by atoms with Crippen molar-refractivity contribution in [3.8, 4) is 11.5 Å². The lowest BCUT2D eigenvalue weighted by molar-refractivity contribution is -0.149. The Morgan fingerprint density at radius 3 is 2.65 bits per heavy atom. The van der Waals surface area contributed by atoms with Gasteiger partial charge in [0, 0.05) is 31.0 Å². The van der Waals surface area contributed by atoms with Gasteiger partial charge in [-0.1, -0.05) is 0 Å². The number of aromatic nitrogens is 2. The van der Waals surface area contributed by atoms with Gasteiger partial charge in [-0.2, -0.15) is 0 Å². The fourth-order valence-corrected chi connectivity index (χ4v) is 3.35. The number of ether oxygens (including phenoxy) is 1. The summed E-state index contributed by atoms with van der Waals surface area (Å²) in [5.41, 5.74) is 0.641. The molecule has 0 spiro atoms. The predicted molar refractivity (Wildman–Crippen MR) is 94.6 cm³/mol. The molecule has 1 aliphatic heterocycles. The van der Waals surface area contributed by atoms with Crippen LogP contribution in [0.15, 0.2) is 18.5 Å². The zero-order chi connectivity index (χ0) is 18.7. The van der Waals surface area contributed by atoms with Gasteiger partial charge in [0.25, 0.3) is 0 Å². The van der Waals surface area contributed by atoms with Gasteiger partial charge in [-0.3, -0.25) is 4.79 Å². The molecule has 1 fully saturated rings. The second-order valence-corrected chi connectivity index (χ2v) is 6.44. The van der Waals surface area contributed by atoms with Gasteiger partial charge in [0.2, 0.25) is 5.78 Å². The number of benzene rings is 1. The molecule has 1 aliphatic rings. The second-order valence-electron chi connectivity index (χ2n) is 6.44. The molecule has 2 N–H and O–H groups in total. The number of hydrogen-bond acceptors (Lipinski definition) is 7. The average molecular weight is 359 g/mol. The second kappa shape index (κ2) is 7.55. The molecule has 8 nitrogen and oxygen atoms in total. The number of nitrogens with zero attached hydrogens (tertiary/aromatic N) is 3. The first-order valence-electron chi connectivity index (χ1n) is 8.52. The lowest BCUT2D eigenvalue weighted by Crippen LogP contribution is -2.34. The summed E-state index contributed by atoms with van der Waals surface area (Å²) in [6.45, 7) is 1.53. The Labute approximate surface area is 150 Å². The summed E-state index contributed by atoms with van der Waals surface area (Å²) in [5, 5.41) is 19.4. The van der Waals surface area contributed by atoms with Crippen LogP contribution < -0.4 is 9.64 Å². The summed E-state index contributed by atoms with van der Waals surface area (Å²) < 4.78 is 5.18. The number of hydrogen-bond donors (Lipinski definition) is 2. The average Bonchev–Trinajstić information content (AvgIpc) is 2.65. The smallest absolute Gasteiger partial charge is 0.372 e. The molecule has 0 bridgehead atoms. The molecule has 0 unspecified atom stereocenters. The first-order chi connectivity index (χ1) is 12.5. The zero-order valence-electron chi connectivity index (χ0n) is 14.5. The molecule has 0 radical (unpaired) electrons. The van der Waals surface area contributed by atoms with Crippen LogP contribution in [0.2, 0.25) is 0 Å². The van der Waals surface area contributed by atoms with Crippen molar-refractivity contribution >= 4 is 28.5 Å². The summed E-state index contributed by atoms with van der Waals surface area (Å²) in [5.74, 6) is -0.551. The summed E-state index contributed by atoms with van der Waals surface area (Å²) in [6, 6.07) is 3.29. The number of aliphatic carboxylic acids is 1. The number of carbonyl (C=O) groups is 2. The molecule has 3 rings (SSSR count). The molecule has 2 heterocycles. The summed E-state index contributed by atoms with van der Waals surface area (Å²) >= 11 is 0. The van der Waals surface area contributed by atoms with Crippen molar-refractivity contribution < 1.29 is 24.5 Å². The summed E-state index contributed by atoms with van der Waals surface area (Å²) in [4.78, 5) is 32.6. The molecule has 1 aromatic heterocycles. The number of anilines is 1. The Bertz CT molecular complexity index is 831. The number of carbonyl (C=O) groups excluding carboxylic acids is 1. The molecule has 138 valence electrons. The van der Waals surface area contributed by atoms with Gasteiger partial charge in [0.15, 0.2) is 11.5 Å². The zero-order valence-corrected chi connectivity index (χ0v) is 14.5. The highest BCUT2D eigenvalue weighted by molar-refractivity contribution is 6.32. The molecule has 1 saturated heterocycles. The number of aromatic hydroxyl groups is 1. The van der Waals surface area contributed by atoms with E-state index in [4.69, 9.17) is 9.84 Å². The minimum absolute atomic E-state index is 0.0338. The fraction of sp³-hybridized carbons (Fsp3) is 0.444. The molecule has 0 saturated carbocycles. The molecular weight excluding hydrogens is 338 g/mol. The maximum Gasteiger partial charge on any atom is 0.372 e. The third-order valence-corrected chi connectivity index (χ3v) is 4.85. The van der Waals surface area contributed by atoms with Gasteiger partial charge in [-0.25, -0.2) is 14.8 Å². The molecule has 26 heavy (non-hydrogen) atoms. The van der Waals surface area contributed by atoms with E-state index in [0.717, 1.165) is 37.1 Å². The highest BCUT2D eigenvalue weighted by Gasteiger charge is 2.23. The molecule has 0 atom stereocenters. The van der Waals surface area contributed by atoms with Crippen molar-refractivity contribution in [1.82, 2.24) is 9.97 Å². The third kappa shape index (κ3) is 3.68. The van der Waals surface area contributed by atoms with Gasteiger partial charge in [-0.05, 0) is 31.2 Å². The van der Waals surface area contributed by atoms with Gasteiger partial charge in [-0.15, -0.1) is 0 Å². The van der Waals surface area contributed by atoms with Gasteiger partial charge >= 0.3 is 5.97 Å². The van der Waals surface area contributed by atoms with Crippen molar-refractivity contribution in [2.24, 2.45) is 5.92 Å². The van der Waals surface area contributed by atoms with Crippen LogP contribution in [0.4, 0.5) is 5.82 Å². The number of carboxylic acids is 1. The largest absolute Gasteiger partial charge is 0.504 e. The quantitative estimate of drug-likeness (QED) is 0.753. The normalized spacial score (nSPS) is 15.2. The van der Waals surface area contributed by atoms with E-state index in [1.807, 2.05) is 0 Å². The van der Waals surface area contributed by atoms with E-state index in [1.165, 1.54) is 13.4 Å². The lowest BCUT2D eigenvalue weighted by atomic mass is 9.91. The fourth-order valence-electron chi connectivity index (χ4n) is 3.35. The maximum atomic E-state index is 11.2. The van der Waals surface area contributed by atoms with E-state index < -0.39 is 11.8 Å². The Morgan fingerprint density at radius 1 is 1.27 bits per heavy atom. The lowest BCUT2D eigenvalue weighted by Gasteiger charge is -2.33. The summed E-state index contributed by atoms with van der Waals surface area (Å²) in [6.07, 6.45) is 3.90. The van der Waals surface area contributed by atoms with Crippen molar-refractivity contribution in [1.29, 1.82) is 0 Å². The van der Waals surface area contributed by atoms with E-state index in [-0.39, 0.29) is 12.2 Å². The highest BCUT2D eigenvalue weighted by atomic mass is 16.5. The van der Waals surface area contributed by atoms with Crippen LogP contribution in [0.25, 0.3) is 10.9 Å². The first-order valence-corrected chi connectivity index (χ1v) is 8.52. The van der Waals surface area contributed by atoms with Crippen LogP contribution >= 0.6 is 0 Å². The molecule has 0 aliphatic carbocycles. The van der Waals surface area contributed by atoms with Gasteiger partial charge in [0.1, 0.15) is 12.1 Å². The number of rotatable bonds is 6. The maximum absolute atomic E-state index is 11.2. The molecule has 0 amide bonds. The number of carboxylic acid groups (broad SMARTS) is 1. The Hall–Kier alpha value is -2.90. The standard InChI is InChI=1S/C18H21N3O5/c1-26-16-8-12-13(9-15(16)23)19-10-20-17(12)21-6-4-11(5-7-21)2-3-14(22)18(24)25/h8-11,23H,2-7H2,1H3,(H,24,25). The highest BCUT2D eigenvalue weighted by Crippen LogP contribution is 2.35. The van der Waals surface area contributed by atoms with Crippen LogP contribution in [0, 0.1) is 5.92 Å². The number of Topliss-reactive ketones (excluding diaryl/α,β-unsaturated/α-hetero) is 1. The minimum Gasteiger partial charge on any atom is -0.504 e. The van der Waals surface area contributed by atoms with E-state index in [9.17, 15) is 14.7 Å². The Morgan fingerprint density at radius 2 is 2.00 bits per heavy atom. The number of phenolic OH excluding ortho intramolecular Hbond substituents is 1. The van der Waals surface area contributed by atoms with Crippen molar-refractivity contribution in [3.05, 3.63) is 18.5 Å². The molecule has 8 heteroatoms. The molecular formula is C18H21N3O5. The van der Waals surface area contributed by atoms with Crippen LogP contribution in [0.5, 0.6) is 11.5 Å². The van der Waals surface area contributed by atoms with Crippen LogP contribution in [-0.4, -0.2) is 52.1 Å². The van der Waals surface area contributed by atoms with Gasteiger partial charge < -0.3 is 19.8 Å². The van der Waals surface area contributed by atoms with Gasteiger partial charge in [0.05, 0.1) is 12.6 Å². The SMILES string of the molecule is COc1cc2c(N3CCC(CCC(=O)C(=O)O)CC3)ncnc2cc1O. The van der Waals surface area contributed by atoms with E-state index in [1.54, 1.807) is 12.1 Å². The number of fused-ring (bicyclic) bond motifs is 1. The monoisotopic (exact) mass is 359 g/mol. The number of methoxy groups -OCH3 is 1. The third-order valence-electron chi connectivity index (χ3n) is 4.85. The predicted octanol–water partition coefficient (Wildman–Crippen LogP) is 1.99. The van der Waals surface area contributed by atoms with E-state index in [2.05, 4.69) is 14.9 Å². The van der Waals surface area contributed by atoms with E-state index >= 15 is 0 Å². The molecule has 2 aromatic rings. The first kappa shape index (κ1) is 17.9. The summed E-state index contributed by atoms with van der Waals surface area (Å²) in [7, 11) is 1.49. The minimum atomic E-state index is -1.35. The molecule has 1 aromatic carbocycles. The van der Waals surface area contributed by atoms with E-state index in [0.29, 0.717) is 23.6 Å². The van der Waals surface area contributed by atoms with Crippen LogP contribution in [0.1, 0.15) is 25.7 Å². The van der Waals surface area contributed by atoms with Crippen molar-refractivity contribution in [3.63, 3.8) is 0 Å². The number of piperidine rings is 1. The van der Waals surface area contributed by atoms with Crippen LogP contribution in [0.3, 0.4) is 0 Å². The van der Waals surface area contributed by atoms with Crippen molar-refractivity contribution in [2.75, 3.05) is 25.1 Å². The van der Waals surface area contributed by atoms with Crippen LogP contribution in [-0.2, 0) is 9.59 Å². The Balaban J connectivity index is 1.71. The van der Waals surface area contributed by atoms with Crippen molar-refractivity contribution in [2.45, 2.75) is 25.7 Å². The Kier molecular flexibility index (Phi) is 5.20.